The number of aryl methyl sites for hydroxylation is 1. The van der Waals surface area contributed by atoms with Crippen molar-refractivity contribution >= 4 is 23.9 Å². The van der Waals surface area contributed by atoms with Crippen molar-refractivity contribution in [3.8, 4) is 5.75 Å². The summed E-state index contributed by atoms with van der Waals surface area (Å²) >= 11 is 0. The predicted molar refractivity (Wildman–Crippen MR) is 180 cm³/mol. The normalized spacial score (nSPS) is 36.8. The molecule has 4 rings (SSSR count). The Bertz CT molecular complexity index is 1490. The van der Waals surface area contributed by atoms with Crippen LogP contribution in [0.3, 0.4) is 0 Å². The van der Waals surface area contributed by atoms with Gasteiger partial charge in [0.2, 0.25) is 0 Å². The van der Waals surface area contributed by atoms with Crippen LogP contribution < -0.4 is 4.74 Å². The topological polar surface area (TPSA) is 175 Å². The molecular formula is C38H54O12. The number of fused-ring (bicyclic) bond motifs is 3. The Morgan fingerprint density at radius 2 is 1.56 bits per heavy atom. The predicted octanol–water partition coefficient (Wildman–Crippen LogP) is 3.71. The van der Waals surface area contributed by atoms with E-state index in [4.69, 9.17) is 23.7 Å². The lowest BCUT2D eigenvalue weighted by Gasteiger charge is -2.71. The van der Waals surface area contributed by atoms with Crippen LogP contribution >= 0.6 is 0 Å². The van der Waals surface area contributed by atoms with Crippen LogP contribution in [-0.4, -0.2) is 89.5 Å². The number of para-hydroxylation sites is 1. The first-order chi connectivity index (χ1) is 23.4. The van der Waals surface area contributed by atoms with Crippen molar-refractivity contribution in [2.24, 2.45) is 34.0 Å². The summed E-state index contributed by atoms with van der Waals surface area (Å²) in [7, 11) is 1.59. The van der Waals surface area contributed by atoms with Crippen molar-refractivity contribution < 1.29 is 58.2 Å². The van der Waals surface area contributed by atoms with E-state index < -0.39 is 101 Å². The number of carbonyl (C=O) groups excluding carboxylic acids is 4. The van der Waals surface area contributed by atoms with Crippen LogP contribution in [0.25, 0.3) is 0 Å². The molecule has 3 N–H and O–H groups in total. The van der Waals surface area contributed by atoms with E-state index in [1.54, 1.807) is 20.1 Å². The first-order valence-corrected chi connectivity index (χ1v) is 17.3. The average molecular weight is 703 g/mol. The van der Waals surface area contributed by atoms with Crippen molar-refractivity contribution in [2.45, 2.75) is 111 Å². The average Bonchev–Trinajstić information content (AvgIpc) is 3.02. The lowest BCUT2D eigenvalue weighted by Crippen LogP contribution is -2.77. The number of esters is 4. The summed E-state index contributed by atoms with van der Waals surface area (Å²) in [4.78, 5) is 51.0. The van der Waals surface area contributed by atoms with Crippen LogP contribution in [0.15, 0.2) is 35.9 Å². The van der Waals surface area contributed by atoms with Crippen LogP contribution in [0, 0.1) is 34.0 Å². The Labute approximate surface area is 294 Å². The molecule has 3 aliphatic rings. The number of aliphatic hydroxyl groups excluding tert-OH is 2. The number of hydrogen-bond acceptors (Lipinski definition) is 12. The molecule has 1 aromatic carbocycles. The van der Waals surface area contributed by atoms with Gasteiger partial charge in [0.1, 0.15) is 24.1 Å². The SMILES string of the molecule is COc1ccccc1CC[C@]1(O)C(C)=C[C@@H](OC(C)=O)[C@@]2(C)C1CC[C@]1(C)C2[C@H](OC(C)=O)[C@H](OC(C)=O)[C@](CO)([C@H](C)OC(C)=O)[C@H]1CO. The molecule has 3 aliphatic carbocycles. The monoisotopic (exact) mass is 702 g/mol. The molecule has 0 saturated heterocycles. The van der Waals surface area contributed by atoms with Gasteiger partial charge in [0.25, 0.3) is 0 Å². The second-order valence-electron chi connectivity index (χ2n) is 14.9. The number of benzene rings is 1. The second kappa shape index (κ2) is 14.6. The summed E-state index contributed by atoms with van der Waals surface area (Å²) in [5.74, 6) is -4.28. The van der Waals surface area contributed by atoms with Gasteiger partial charge in [-0.25, -0.2) is 0 Å². The van der Waals surface area contributed by atoms with Gasteiger partial charge in [0, 0.05) is 57.5 Å². The molecule has 2 saturated carbocycles. The van der Waals surface area contributed by atoms with Crippen molar-refractivity contribution in [3.05, 3.63) is 41.5 Å². The maximum Gasteiger partial charge on any atom is 0.303 e. The van der Waals surface area contributed by atoms with E-state index in [0.29, 0.717) is 30.6 Å². The van der Waals surface area contributed by atoms with Crippen molar-refractivity contribution in [2.75, 3.05) is 20.3 Å². The molecule has 12 nitrogen and oxygen atoms in total. The minimum atomic E-state index is -1.63. The lowest BCUT2D eigenvalue weighted by molar-refractivity contribution is -0.315. The molecule has 0 amide bonds. The first-order valence-electron chi connectivity index (χ1n) is 17.3. The maximum absolute atomic E-state index is 13.0. The number of methoxy groups -OCH3 is 1. The highest BCUT2D eigenvalue weighted by Crippen LogP contribution is 2.71. The Hall–Kier alpha value is -3.48. The van der Waals surface area contributed by atoms with Crippen LogP contribution in [0.4, 0.5) is 0 Å². The van der Waals surface area contributed by atoms with E-state index in [2.05, 4.69) is 0 Å². The van der Waals surface area contributed by atoms with Gasteiger partial charge in [-0.2, -0.15) is 0 Å². The van der Waals surface area contributed by atoms with Crippen LogP contribution in [-0.2, 0) is 44.5 Å². The van der Waals surface area contributed by atoms with Crippen LogP contribution in [0.2, 0.25) is 0 Å². The fraction of sp³-hybridized carbons (Fsp3) is 0.684. The van der Waals surface area contributed by atoms with Gasteiger partial charge in [-0.1, -0.05) is 32.0 Å². The molecule has 1 aromatic rings. The molecule has 11 atom stereocenters. The van der Waals surface area contributed by atoms with E-state index in [0.717, 1.165) is 5.56 Å². The quantitative estimate of drug-likeness (QED) is 0.174. The van der Waals surface area contributed by atoms with E-state index in [-0.39, 0.29) is 6.42 Å². The highest BCUT2D eigenvalue weighted by Gasteiger charge is 2.76. The van der Waals surface area contributed by atoms with E-state index in [1.807, 2.05) is 45.0 Å². The van der Waals surface area contributed by atoms with Crippen LogP contribution in [0.1, 0.15) is 80.2 Å². The van der Waals surface area contributed by atoms with E-state index >= 15 is 0 Å². The molecule has 0 spiro atoms. The van der Waals surface area contributed by atoms with Crippen LogP contribution in [0.5, 0.6) is 5.75 Å². The molecule has 278 valence electrons. The molecule has 12 heteroatoms. The zero-order valence-corrected chi connectivity index (χ0v) is 30.7. The third-order valence-electron chi connectivity index (χ3n) is 12.4. The molecule has 2 unspecified atom stereocenters. The zero-order valence-electron chi connectivity index (χ0n) is 30.7. The third kappa shape index (κ3) is 6.43. The van der Waals surface area contributed by atoms with Gasteiger partial charge in [-0.05, 0) is 68.2 Å². The maximum atomic E-state index is 13.0. The smallest absolute Gasteiger partial charge is 0.303 e. The number of hydrogen-bond donors (Lipinski definition) is 3. The van der Waals surface area contributed by atoms with E-state index in [9.17, 15) is 34.5 Å². The minimum absolute atomic E-state index is 0.283. The van der Waals surface area contributed by atoms with Gasteiger partial charge < -0.3 is 39.0 Å². The van der Waals surface area contributed by atoms with Gasteiger partial charge in [-0.15, -0.1) is 0 Å². The van der Waals surface area contributed by atoms with Crippen molar-refractivity contribution in [1.29, 1.82) is 0 Å². The number of ether oxygens (including phenoxy) is 5. The summed E-state index contributed by atoms with van der Waals surface area (Å²) in [6.07, 6.45) is -1.50. The molecule has 2 fully saturated rings. The fourth-order valence-corrected chi connectivity index (χ4v) is 10.4. The zero-order chi connectivity index (χ0) is 37.4. The van der Waals surface area contributed by atoms with Gasteiger partial charge in [-0.3, -0.25) is 19.2 Å². The Morgan fingerprint density at radius 3 is 2.10 bits per heavy atom. The Morgan fingerprint density at radius 1 is 0.940 bits per heavy atom. The Balaban J connectivity index is 2.02. The highest BCUT2D eigenvalue weighted by molar-refractivity contribution is 5.68. The largest absolute Gasteiger partial charge is 0.496 e. The van der Waals surface area contributed by atoms with Gasteiger partial charge in [0.15, 0.2) is 6.10 Å². The standard InChI is InChI=1S/C38H54O12/c1-21-18-31(48-24(4)42)36(8)29(38(21,45)17-14-27-12-10-11-13-28(27)46-9)15-16-35(7)30(19-39)37(20-40,22(2)47-23(3)41)34(50-26(6)44)32(33(35)36)49-25(5)43/h10-13,18,22,29-34,39-40,45H,14-17,19-20H2,1-9H3/t22-,29?,30-,31+,32-,33?,34-,35-,36+,37+,38-/m0/s1. The molecule has 0 bridgehead atoms. The number of carbonyl (C=O) groups is 4. The number of rotatable bonds is 11. The first kappa shape index (κ1) is 39.3. The highest BCUT2D eigenvalue weighted by atomic mass is 16.6. The molecule has 50 heavy (non-hydrogen) atoms. The fourth-order valence-electron chi connectivity index (χ4n) is 10.4. The molecule has 0 aromatic heterocycles. The molecule has 0 heterocycles. The van der Waals surface area contributed by atoms with Crippen molar-refractivity contribution in [1.82, 2.24) is 0 Å². The second-order valence-corrected chi connectivity index (χ2v) is 14.9. The molecular weight excluding hydrogens is 648 g/mol. The third-order valence-corrected chi connectivity index (χ3v) is 12.4. The van der Waals surface area contributed by atoms with Gasteiger partial charge >= 0.3 is 23.9 Å². The lowest BCUT2D eigenvalue weighted by atomic mass is 9.35. The van der Waals surface area contributed by atoms with Crippen molar-refractivity contribution in [3.63, 3.8) is 0 Å². The summed E-state index contributed by atoms with van der Waals surface area (Å²) in [6.45, 7) is 10.9. The minimum Gasteiger partial charge on any atom is -0.496 e. The Kier molecular flexibility index (Phi) is 11.5. The molecule has 0 aliphatic heterocycles. The molecule has 0 radical (unpaired) electrons. The summed E-state index contributed by atoms with van der Waals surface area (Å²) in [5, 5.41) is 35.5. The summed E-state index contributed by atoms with van der Waals surface area (Å²) < 4.78 is 29.5. The number of aliphatic hydroxyl groups is 3. The summed E-state index contributed by atoms with van der Waals surface area (Å²) in [5.41, 5.74) is -3.75. The van der Waals surface area contributed by atoms with Gasteiger partial charge in [0.05, 0.1) is 24.7 Å². The summed E-state index contributed by atoms with van der Waals surface area (Å²) in [6, 6.07) is 7.57. The van der Waals surface area contributed by atoms with E-state index in [1.165, 1.54) is 27.7 Å².